The minimum Gasteiger partial charge on any atom is -0.404 e. The van der Waals surface area contributed by atoms with Gasteiger partial charge < -0.3 is 15.4 Å². The third-order valence-electron chi connectivity index (χ3n) is 3.09. The van der Waals surface area contributed by atoms with Crippen LogP contribution < -0.4 is 15.4 Å². The Bertz CT molecular complexity index is 517. The lowest BCUT2D eigenvalue weighted by Gasteiger charge is -2.22. The number of halogens is 4. The van der Waals surface area contributed by atoms with Crippen molar-refractivity contribution in [3.05, 3.63) is 22.7 Å². The third kappa shape index (κ3) is 4.89. The molecule has 0 aromatic heterocycles. The molecule has 1 amide bonds. The van der Waals surface area contributed by atoms with Crippen LogP contribution in [0.25, 0.3) is 0 Å². The lowest BCUT2D eigenvalue weighted by Crippen LogP contribution is -2.37. The number of anilines is 1. The van der Waals surface area contributed by atoms with Gasteiger partial charge in [-0.25, -0.2) is 0 Å². The van der Waals surface area contributed by atoms with Gasteiger partial charge in [-0.3, -0.25) is 4.79 Å². The van der Waals surface area contributed by atoms with Crippen LogP contribution in [0.2, 0.25) is 0 Å². The van der Waals surface area contributed by atoms with Crippen molar-refractivity contribution in [2.45, 2.75) is 19.2 Å². The zero-order valence-corrected chi connectivity index (χ0v) is 12.6. The Hall–Kier alpha value is -1.28. The quantitative estimate of drug-likeness (QED) is 0.862. The maximum Gasteiger partial charge on any atom is 0.573 e. The van der Waals surface area contributed by atoms with E-state index in [1.54, 1.807) is 0 Å². The number of carbonyl (C=O) groups is 1. The van der Waals surface area contributed by atoms with Crippen LogP contribution in [0.4, 0.5) is 18.9 Å². The Kier molecular flexibility index (Phi) is 5.10. The van der Waals surface area contributed by atoms with Crippen LogP contribution >= 0.6 is 15.9 Å². The number of hydrogen-bond donors (Lipinski definition) is 2. The molecule has 0 spiro atoms. The highest BCUT2D eigenvalue weighted by Gasteiger charge is 2.32. The maximum atomic E-state index is 12.4. The van der Waals surface area contributed by atoms with E-state index in [1.165, 1.54) is 18.2 Å². The fourth-order valence-corrected chi connectivity index (χ4v) is 2.46. The molecule has 21 heavy (non-hydrogen) atoms. The van der Waals surface area contributed by atoms with Gasteiger partial charge in [-0.15, -0.1) is 13.2 Å². The molecule has 1 heterocycles. The van der Waals surface area contributed by atoms with Crippen molar-refractivity contribution >= 4 is 27.5 Å². The number of ether oxygens (including phenoxy) is 1. The second kappa shape index (κ2) is 6.65. The van der Waals surface area contributed by atoms with Gasteiger partial charge in [0.2, 0.25) is 5.91 Å². The van der Waals surface area contributed by atoms with Crippen LogP contribution in [0.15, 0.2) is 22.7 Å². The number of amides is 1. The number of rotatable bonds is 3. The van der Waals surface area contributed by atoms with E-state index < -0.39 is 12.1 Å². The van der Waals surface area contributed by atoms with Gasteiger partial charge in [0.05, 0.1) is 11.6 Å². The molecule has 1 aliphatic rings. The first kappa shape index (κ1) is 16.1. The van der Waals surface area contributed by atoms with E-state index in [1.807, 2.05) is 0 Å². The highest BCUT2D eigenvalue weighted by atomic mass is 79.9. The molecule has 1 atom stereocenters. The largest absolute Gasteiger partial charge is 0.573 e. The van der Waals surface area contributed by atoms with Crippen LogP contribution in [0.1, 0.15) is 12.8 Å². The topological polar surface area (TPSA) is 50.4 Å². The standard InChI is InChI=1S/C13H14BrF3N2O2/c14-9-3-4-10(11(6-9)21-13(15,16)17)19-12(20)8-2-1-5-18-7-8/h3-4,6,8,18H,1-2,5,7H2,(H,19,20)/t8-/m1/s1. The molecule has 116 valence electrons. The van der Waals surface area contributed by atoms with E-state index in [9.17, 15) is 18.0 Å². The van der Waals surface area contributed by atoms with Gasteiger partial charge in [-0.1, -0.05) is 15.9 Å². The highest BCUT2D eigenvalue weighted by molar-refractivity contribution is 9.10. The minimum atomic E-state index is -4.81. The Morgan fingerprint density at radius 2 is 2.19 bits per heavy atom. The summed E-state index contributed by atoms with van der Waals surface area (Å²) in [6, 6.07) is 4.08. The van der Waals surface area contributed by atoms with Gasteiger partial charge in [-0.05, 0) is 37.6 Å². The molecular weight excluding hydrogens is 353 g/mol. The fraction of sp³-hybridized carbons (Fsp3) is 0.462. The lowest BCUT2D eigenvalue weighted by atomic mass is 9.99. The molecule has 0 saturated carbocycles. The van der Waals surface area contributed by atoms with E-state index >= 15 is 0 Å². The second-order valence-electron chi connectivity index (χ2n) is 4.72. The molecule has 2 rings (SSSR count). The predicted octanol–water partition coefficient (Wildman–Crippen LogP) is 3.29. The molecule has 1 aliphatic heterocycles. The molecule has 1 aromatic carbocycles. The number of hydrogen-bond acceptors (Lipinski definition) is 3. The van der Waals surface area contributed by atoms with Crippen molar-refractivity contribution in [2.24, 2.45) is 5.92 Å². The number of alkyl halides is 3. The number of nitrogens with one attached hydrogen (secondary N) is 2. The molecule has 0 radical (unpaired) electrons. The Morgan fingerprint density at radius 3 is 2.81 bits per heavy atom. The zero-order valence-electron chi connectivity index (χ0n) is 11.0. The molecule has 4 nitrogen and oxygen atoms in total. The first-order valence-electron chi connectivity index (χ1n) is 6.42. The monoisotopic (exact) mass is 366 g/mol. The summed E-state index contributed by atoms with van der Waals surface area (Å²) in [5.41, 5.74) is 0.00565. The van der Waals surface area contributed by atoms with Gasteiger partial charge in [0.25, 0.3) is 0 Å². The van der Waals surface area contributed by atoms with E-state index in [4.69, 9.17) is 0 Å². The van der Waals surface area contributed by atoms with Crippen molar-refractivity contribution in [2.75, 3.05) is 18.4 Å². The number of piperidine rings is 1. The number of carbonyl (C=O) groups excluding carboxylic acids is 1. The van der Waals surface area contributed by atoms with E-state index in [-0.39, 0.29) is 17.5 Å². The predicted molar refractivity (Wildman–Crippen MR) is 75.0 cm³/mol. The second-order valence-corrected chi connectivity index (χ2v) is 5.64. The molecular formula is C13H14BrF3N2O2. The van der Waals surface area contributed by atoms with Crippen LogP contribution in [-0.4, -0.2) is 25.4 Å². The van der Waals surface area contributed by atoms with Crippen LogP contribution in [0, 0.1) is 5.92 Å². The first-order valence-corrected chi connectivity index (χ1v) is 7.21. The van der Waals surface area contributed by atoms with Gasteiger partial charge in [0, 0.05) is 11.0 Å². The smallest absolute Gasteiger partial charge is 0.404 e. The third-order valence-corrected chi connectivity index (χ3v) is 3.59. The highest BCUT2D eigenvalue weighted by Crippen LogP contribution is 2.33. The molecule has 2 N–H and O–H groups in total. The molecule has 0 bridgehead atoms. The average Bonchev–Trinajstić information content (AvgIpc) is 2.41. The molecule has 1 aromatic rings. The van der Waals surface area contributed by atoms with Crippen molar-refractivity contribution in [3.63, 3.8) is 0 Å². The summed E-state index contributed by atoms with van der Waals surface area (Å²) in [6.07, 6.45) is -3.23. The Balaban J connectivity index is 2.13. The molecule has 8 heteroatoms. The molecule has 0 unspecified atom stereocenters. The van der Waals surface area contributed by atoms with Crippen LogP contribution in [0.5, 0.6) is 5.75 Å². The number of benzene rings is 1. The van der Waals surface area contributed by atoms with Crippen LogP contribution in [-0.2, 0) is 4.79 Å². The van der Waals surface area contributed by atoms with Gasteiger partial charge in [-0.2, -0.15) is 0 Å². The summed E-state index contributed by atoms with van der Waals surface area (Å²) in [5.74, 6) is -0.994. The van der Waals surface area contributed by atoms with E-state index in [0.29, 0.717) is 17.4 Å². The maximum absolute atomic E-state index is 12.4. The molecule has 0 aliphatic carbocycles. The molecule has 1 saturated heterocycles. The van der Waals surface area contributed by atoms with Crippen molar-refractivity contribution in [1.29, 1.82) is 0 Å². The zero-order chi connectivity index (χ0) is 15.5. The van der Waals surface area contributed by atoms with E-state index in [0.717, 1.165) is 13.0 Å². The first-order chi connectivity index (χ1) is 9.85. The van der Waals surface area contributed by atoms with Crippen molar-refractivity contribution in [1.82, 2.24) is 5.32 Å². The SMILES string of the molecule is O=C(Nc1ccc(Br)cc1OC(F)(F)F)[C@@H]1CCCNC1. The van der Waals surface area contributed by atoms with Gasteiger partial charge in [0.1, 0.15) is 0 Å². The molecule has 1 fully saturated rings. The summed E-state index contributed by atoms with van der Waals surface area (Å²) in [4.78, 5) is 12.1. The fourth-order valence-electron chi connectivity index (χ4n) is 2.12. The van der Waals surface area contributed by atoms with E-state index in [2.05, 4.69) is 31.3 Å². The normalized spacial score (nSPS) is 19.1. The van der Waals surface area contributed by atoms with Crippen LogP contribution in [0.3, 0.4) is 0 Å². The van der Waals surface area contributed by atoms with Crippen molar-refractivity contribution in [3.8, 4) is 5.75 Å². The Labute approximate surface area is 128 Å². The summed E-state index contributed by atoms with van der Waals surface area (Å²) in [5, 5.41) is 5.59. The summed E-state index contributed by atoms with van der Waals surface area (Å²) >= 11 is 3.08. The minimum absolute atomic E-state index is 0.00565. The van der Waals surface area contributed by atoms with Crippen molar-refractivity contribution < 1.29 is 22.7 Å². The Morgan fingerprint density at radius 1 is 1.43 bits per heavy atom. The summed E-state index contributed by atoms with van der Waals surface area (Å²) < 4.78 is 41.5. The summed E-state index contributed by atoms with van der Waals surface area (Å²) in [7, 11) is 0. The average molecular weight is 367 g/mol. The van der Waals surface area contributed by atoms with Gasteiger partial charge in [0.15, 0.2) is 5.75 Å². The lowest BCUT2D eigenvalue weighted by molar-refractivity contribution is -0.274. The summed E-state index contributed by atoms with van der Waals surface area (Å²) in [6.45, 7) is 1.38. The van der Waals surface area contributed by atoms with Gasteiger partial charge >= 0.3 is 6.36 Å².